The van der Waals surface area contributed by atoms with Gasteiger partial charge in [-0.25, -0.2) is 4.98 Å². The van der Waals surface area contributed by atoms with E-state index in [1.165, 1.54) is 23.4 Å². The van der Waals surface area contributed by atoms with Crippen molar-refractivity contribution in [3.8, 4) is 10.6 Å². The van der Waals surface area contributed by atoms with Crippen LogP contribution in [0.3, 0.4) is 0 Å². The van der Waals surface area contributed by atoms with E-state index in [9.17, 15) is 0 Å². The Morgan fingerprint density at radius 2 is 2.11 bits per heavy atom. The maximum atomic E-state index is 4.56. The number of nitrogens with zero attached hydrogens (tertiary/aromatic N) is 4. The topological polar surface area (TPSA) is 43.1 Å². The molecule has 3 aromatic rings. The third-order valence-corrected chi connectivity index (χ3v) is 4.31. The Kier molecular flexibility index (Phi) is 2.20. The van der Waals surface area contributed by atoms with Crippen molar-refractivity contribution in [3.63, 3.8) is 0 Å². The minimum Gasteiger partial charge on any atom is -0.284 e. The Labute approximate surface area is 108 Å². The lowest BCUT2D eigenvalue weighted by Gasteiger charge is -2.14. The largest absolute Gasteiger partial charge is 0.284 e. The smallest absolute Gasteiger partial charge is 0.254 e. The van der Waals surface area contributed by atoms with Gasteiger partial charge in [-0.05, 0) is 37.1 Å². The van der Waals surface area contributed by atoms with E-state index < -0.39 is 0 Å². The summed E-state index contributed by atoms with van der Waals surface area (Å²) in [5.41, 5.74) is 3.43. The molecular formula is C13H12N4S. The van der Waals surface area contributed by atoms with Crippen LogP contribution in [0.2, 0.25) is 0 Å². The van der Waals surface area contributed by atoms with Gasteiger partial charge in [0.05, 0.1) is 10.6 Å². The van der Waals surface area contributed by atoms with Crippen LogP contribution in [0.4, 0.5) is 0 Å². The number of fused-ring (bicyclic) bond motifs is 3. The van der Waals surface area contributed by atoms with Crippen LogP contribution in [0.15, 0.2) is 23.7 Å². The maximum Gasteiger partial charge on any atom is 0.254 e. The number of aryl methyl sites for hydroxylation is 2. The van der Waals surface area contributed by atoms with Crippen molar-refractivity contribution >= 4 is 17.1 Å². The van der Waals surface area contributed by atoms with Crippen LogP contribution >= 0.6 is 11.3 Å². The Hall–Kier alpha value is -1.75. The van der Waals surface area contributed by atoms with Crippen LogP contribution in [0, 0.1) is 0 Å². The molecule has 0 amide bonds. The molecule has 4 nitrogen and oxygen atoms in total. The summed E-state index contributed by atoms with van der Waals surface area (Å²) in [6.45, 7) is 0. The SMILES string of the molecule is c1csc(-c2cn3c4c(nnc3n2)CCCC4)c1. The van der Waals surface area contributed by atoms with Crippen LogP contribution in [-0.4, -0.2) is 19.6 Å². The van der Waals surface area contributed by atoms with Crippen molar-refractivity contribution in [1.82, 2.24) is 19.6 Å². The van der Waals surface area contributed by atoms with E-state index >= 15 is 0 Å². The van der Waals surface area contributed by atoms with Gasteiger partial charge >= 0.3 is 0 Å². The summed E-state index contributed by atoms with van der Waals surface area (Å²) in [6.07, 6.45) is 6.69. The Bertz CT molecular complexity index is 699. The molecule has 3 heterocycles. The lowest BCUT2D eigenvalue weighted by atomic mass is 10.0. The van der Waals surface area contributed by atoms with Crippen LogP contribution in [0.25, 0.3) is 16.3 Å². The first-order valence-electron chi connectivity index (χ1n) is 6.19. The van der Waals surface area contributed by atoms with Gasteiger partial charge < -0.3 is 0 Å². The summed E-state index contributed by atoms with van der Waals surface area (Å²) >= 11 is 1.70. The van der Waals surface area contributed by atoms with Gasteiger partial charge in [-0.2, -0.15) is 5.10 Å². The fourth-order valence-corrected chi connectivity index (χ4v) is 3.21. The molecule has 0 N–H and O–H groups in total. The van der Waals surface area contributed by atoms with Crippen molar-refractivity contribution in [2.75, 3.05) is 0 Å². The number of rotatable bonds is 1. The summed E-state index contributed by atoms with van der Waals surface area (Å²) in [6, 6.07) is 4.14. The van der Waals surface area contributed by atoms with Crippen molar-refractivity contribution in [2.24, 2.45) is 0 Å². The number of hydrogen-bond acceptors (Lipinski definition) is 4. The highest BCUT2D eigenvalue weighted by molar-refractivity contribution is 7.13. The molecule has 0 spiro atoms. The van der Waals surface area contributed by atoms with Crippen LogP contribution in [0.5, 0.6) is 0 Å². The van der Waals surface area contributed by atoms with Gasteiger partial charge in [0.25, 0.3) is 5.78 Å². The fraction of sp³-hybridized carbons (Fsp3) is 0.308. The predicted octanol–water partition coefficient (Wildman–Crippen LogP) is 2.73. The first-order valence-corrected chi connectivity index (χ1v) is 7.07. The minimum absolute atomic E-state index is 0.721. The van der Waals surface area contributed by atoms with Gasteiger partial charge in [0.1, 0.15) is 5.69 Å². The average molecular weight is 256 g/mol. The second-order valence-electron chi connectivity index (χ2n) is 4.57. The van der Waals surface area contributed by atoms with E-state index in [2.05, 4.69) is 37.2 Å². The molecule has 0 fully saturated rings. The van der Waals surface area contributed by atoms with E-state index in [0.717, 1.165) is 30.0 Å². The maximum absolute atomic E-state index is 4.56. The molecule has 0 radical (unpaired) electrons. The van der Waals surface area contributed by atoms with E-state index in [1.807, 2.05) is 6.07 Å². The summed E-state index contributed by atoms with van der Waals surface area (Å²) in [4.78, 5) is 5.75. The quantitative estimate of drug-likeness (QED) is 0.672. The number of hydrogen-bond donors (Lipinski definition) is 0. The molecule has 0 aromatic carbocycles. The molecular weight excluding hydrogens is 244 g/mol. The van der Waals surface area contributed by atoms with E-state index in [4.69, 9.17) is 0 Å². The van der Waals surface area contributed by atoms with Gasteiger partial charge in [0.15, 0.2) is 0 Å². The van der Waals surface area contributed by atoms with Gasteiger partial charge in [-0.3, -0.25) is 4.40 Å². The van der Waals surface area contributed by atoms with Crippen LogP contribution < -0.4 is 0 Å². The first kappa shape index (κ1) is 10.2. The van der Waals surface area contributed by atoms with Crippen molar-refractivity contribution in [3.05, 3.63) is 35.1 Å². The third-order valence-electron chi connectivity index (χ3n) is 3.42. The molecule has 0 unspecified atom stereocenters. The second-order valence-corrected chi connectivity index (χ2v) is 5.52. The van der Waals surface area contributed by atoms with E-state index in [1.54, 1.807) is 11.3 Å². The highest BCUT2D eigenvalue weighted by Gasteiger charge is 2.16. The standard InChI is InChI=1S/C13H12N4S/c1-2-5-11-9(4-1)15-16-13-14-10(8-17(11)13)12-6-3-7-18-12/h3,6-8H,1-2,4-5H2. The molecule has 1 aliphatic carbocycles. The van der Waals surface area contributed by atoms with Crippen molar-refractivity contribution < 1.29 is 0 Å². The summed E-state index contributed by atoms with van der Waals surface area (Å²) in [5.74, 6) is 0.721. The second kappa shape index (κ2) is 3.88. The van der Waals surface area contributed by atoms with Gasteiger partial charge in [-0.15, -0.1) is 16.4 Å². The van der Waals surface area contributed by atoms with E-state index in [-0.39, 0.29) is 0 Å². The van der Waals surface area contributed by atoms with Crippen molar-refractivity contribution in [2.45, 2.75) is 25.7 Å². The summed E-state index contributed by atoms with van der Waals surface area (Å²) in [7, 11) is 0. The molecule has 0 saturated heterocycles. The summed E-state index contributed by atoms with van der Waals surface area (Å²) < 4.78 is 2.12. The highest BCUT2D eigenvalue weighted by atomic mass is 32.1. The summed E-state index contributed by atoms with van der Waals surface area (Å²) in [5, 5.41) is 10.6. The number of imidazole rings is 1. The zero-order chi connectivity index (χ0) is 11.9. The Morgan fingerprint density at radius 3 is 3.00 bits per heavy atom. The van der Waals surface area contributed by atoms with Gasteiger partial charge in [0, 0.05) is 11.9 Å². The fourth-order valence-electron chi connectivity index (χ4n) is 2.53. The molecule has 0 bridgehead atoms. The Balaban J connectivity index is 1.95. The normalized spacial score (nSPS) is 14.9. The first-order chi connectivity index (χ1) is 8.92. The van der Waals surface area contributed by atoms with Gasteiger partial charge in [-0.1, -0.05) is 6.07 Å². The monoisotopic (exact) mass is 256 g/mol. The molecule has 5 heteroatoms. The lowest BCUT2D eigenvalue weighted by Crippen LogP contribution is -2.12. The Morgan fingerprint density at radius 1 is 1.17 bits per heavy atom. The predicted molar refractivity (Wildman–Crippen MR) is 70.7 cm³/mol. The minimum atomic E-state index is 0.721. The highest BCUT2D eigenvalue weighted by Crippen LogP contribution is 2.26. The molecule has 0 aliphatic heterocycles. The molecule has 4 rings (SSSR count). The molecule has 0 saturated carbocycles. The molecule has 1 aliphatic rings. The molecule has 18 heavy (non-hydrogen) atoms. The number of thiophene rings is 1. The molecule has 3 aromatic heterocycles. The third kappa shape index (κ3) is 1.47. The van der Waals surface area contributed by atoms with Gasteiger partial charge in [0.2, 0.25) is 0 Å². The molecule has 0 atom stereocenters. The molecule has 90 valence electrons. The zero-order valence-electron chi connectivity index (χ0n) is 9.83. The van der Waals surface area contributed by atoms with E-state index in [0.29, 0.717) is 0 Å². The average Bonchev–Trinajstić information content (AvgIpc) is 3.07. The van der Waals surface area contributed by atoms with Crippen LogP contribution in [-0.2, 0) is 12.8 Å². The van der Waals surface area contributed by atoms with Crippen LogP contribution in [0.1, 0.15) is 24.2 Å². The zero-order valence-corrected chi connectivity index (χ0v) is 10.7. The number of aromatic nitrogens is 4. The lowest BCUT2D eigenvalue weighted by molar-refractivity contribution is 0.627. The van der Waals surface area contributed by atoms with Crippen molar-refractivity contribution in [1.29, 1.82) is 0 Å².